The van der Waals surface area contributed by atoms with Gasteiger partial charge in [-0.2, -0.15) is 0 Å². The molecule has 0 spiro atoms. The third-order valence-electron chi connectivity index (χ3n) is 5.89. The van der Waals surface area contributed by atoms with E-state index >= 15 is 0 Å². The Hall–Kier alpha value is -1.63. The van der Waals surface area contributed by atoms with Crippen LogP contribution in [0, 0.1) is 0 Å². The molecule has 7 nitrogen and oxygen atoms in total. The molecule has 0 bridgehead atoms. The first kappa shape index (κ1) is 29.4. The van der Waals surface area contributed by atoms with Crippen LogP contribution in [0.1, 0.15) is 110 Å². The van der Waals surface area contributed by atoms with Gasteiger partial charge in [0.2, 0.25) is 0 Å². The van der Waals surface area contributed by atoms with E-state index in [2.05, 4.69) is 6.92 Å². The van der Waals surface area contributed by atoms with Crippen LogP contribution in [0.5, 0.6) is 0 Å². The van der Waals surface area contributed by atoms with E-state index < -0.39 is 42.0 Å². The van der Waals surface area contributed by atoms with Crippen molar-refractivity contribution in [1.82, 2.24) is 0 Å². The van der Waals surface area contributed by atoms with Crippen molar-refractivity contribution in [2.75, 3.05) is 26.2 Å². The monoisotopic (exact) mass is 443 g/mol. The van der Waals surface area contributed by atoms with Gasteiger partial charge in [-0.25, -0.2) is 9.59 Å². The van der Waals surface area contributed by atoms with Gasteiger partial charge in [0.1, 0.15) is 6.54 Å². The summed E-state index contributed by atoms with van der Waals surface area (Å²) in [5, 5.41) is 29.2. The van der Waals surface area contributed by atoms with Crippen molar-refractivity contribution in [3.63, 3.8) is 0 Å². The second-order valence-electron chi connectivity index (χ2n) is 9.00. The lowest BCUT2D eigenvalue weighted by molar-refractivity contribution is -0.909. The number of carbonyl (C=O) groups excluding carboxylic acids is 1. The number of carbonyl (C=O) groups is 3. The maximum atomic E-state index is 11.1. The van der Waals surface area contributed by atoms with Crippen LogP contribution in [-0.2, 0) is 14.4 Å². The van der Waals surface area contributed by atoms with E-state index in [9.17, 15) is 19.5 Å². The first-order valence-corrected chi connectivity index (χ1v) is 12.3. The Morgan fingerprint density at radius 1 is 0.581 bits per heavy atom. The van der Waals surface area contributed by atoms with Crippen molar-refractivity contribution in [2.45, 2.75) is 110 Å². The molecule has 0 fully saturated rings. The molecular formula is C24H45NO6. The number of hydrogen-bond acceptors (Lipinski definition) is 4. The predicted molar refractivity (Wildman–Crippen MR) is 120 cm³/mol. The molecule has 0 amide bonds. The molecule has 0 radical (unpaired) electrons. The van der Waals surface area contributed by atoms with E-state index in [0.717, 1.165) is 19.3 Å². The average Bonchev–Trinajstić information content (AvgIpc) is 2.66. The summed E-state index contributed by atoms with van der Waals surface area (Å²) >= 11 is 0. The molecule has 0 aromatic rings. The van der Waals surface area contributed by atoms with E-state index in [1.54, 1.807) is 0 Å². The Kier molecular flexibility index (Phi) is 18.1. The van der Waals surface area contributed by atoms with Gasteiger partial charge < -0.3 is 24.6 Å². The first-order valence-electron chi connectivity index (χ1n) is 12.3. The number of rotatable bonds is 23. The zero-order valence-electron chi connectivity index (χ0n) is 19.6. The molecule has 0 aliphatic rings. The minimum Gasteiger partial charge on any atom is -0.544 e. The van der Waals surface area contributed by atoms with Gasteiger partial charge in [0.15, 0.2) is 13.1 Å². The van der Waals surface area contributed by atoms with Crippen molar-refractivity contribution in [3.8, 4) is 0 Å². The Morgan fingerprint density at radius 3 is 1.19 bits per heavy atom. The molecule has 0 aliphatic heterocycles. The van der Waals surface area contributed by atoms with Crippen LogP contribution in [0.15, 0.2) is 0 Å². The molecule has 0 aromatic heterocycles. The molecular weight excluding hydrogens is 398 g/mol. The second-order valence-corrected chi connectivity index (χ2v) is 9.00. The standard InChI is InChI=1S/C24H45NO6/c1-2-3-4-5-6-7-8-9-10-11-12-13-14-15-16-17-18-25(19-22(26)27,20-23(28)29)21-24(30)31/h2-21H2,1H3,(H2-,26,27,28,29,30,31). The fourth-order valence-electron chi connectivity index (χ4n) is 4.25. The molecule has 182 valence electrons. The minimum absolute atomic E-state index is 0.227. The summed E-state index contributed by atoms with van der Waals surface area (Å²) in [6.07, 6.45) is 19.4. The molecule has 0 atom stereocenters. The fraction of sp³-hybridized carbons (Fsp3) is 0.875. The molecule has 31 heavy (non-hydrogen) atoms. The molecule has 0 unspecified atom stereocenters. The number of hydrogen-bond donors (Lipinski definition) is 2. The van der Waals surface area contributed by atoms with Gasteiger partial charge >= 0.3 is 11.9 Å². The highest BCUT2D eigenvalue weighted by atomic mass is 16.4. The van der Waals surface area contributed by atoms with E-state index in [4.69, 9.17) is 10.2 Å². The first-order chi connectivity index (χ1) is 14.8. The number of unbranched alkanes of at least 4 members (excludes halogenated alkanes) is 15. The van der Waals surface area contributed by atoms with Gasteiger partial charge in [-0.1, -0.05) is 96.8 Å². The third-order valence-corrected chi connectivity index (χ3v) is 5.89. The zero-order chi connectivity index (χ0) is 23.4. The van der Waals surface area contributed by atoms with Crippen LogP contribution >= 0.6 is 0 Å². The van der Waals surface area contributed by atoms with Crippen LogP contribution in [0.4, 0.5) is 0 Å². The van der Waals surface area contributed by atoms with Crippen molar-refractivity contribution in [2.24, 2.45) is 0 Å². The average molecular weight is 444 g/mol. The van der Waals surface area contributed by atoms with Crippen LogP contribution in [0.2, 0.25) is 0 Å². The van der Waals surface area contributed by atoms with Gasteiger partial charge in [0, 0.05) is 0 Å². The quantitative estimate of drug-likeness (QED) is 0.182. The van der Waals surface area contributed by atoms with Gasteiger partial charge in [0.25, 0.3) is 0 Å². The summed E-state index contributed by atoms with van der Waals surface area (Å²) in [6, 6.07) is 0. The molecule has 0 saturated heterocycles. The fourth-order valence-corrected chi connectivity index (χ4v) is 4.25. The Balaban J connectivity index is 3.82. The van der Waals surface area contributed by atoms with Crippen LogP contribution < -0.4 is 5.11 Å². The smallest absolute Gasteiger partial charge is 0.359 e. The summed E-state index contributed by atoms with van der Waals surface area (Å²) in [7, 11) is 0. The minimum atomic E-state index is -1.42. The van der Waals surface area contributed by atoms with E-state index in [0.29, 0.717) is 6.42 Å². The highest BCUT2D eigenvalue weighted by Gasteiger charge is 2.33. The molecule has 7 heteroatoms. The van der Waals surface area contributed by atoms with E-state index in [1.165, 1.54) is 77.0 Å². The maximum absolute atomic E-state index is 11.1. The topological polar surface area (TPSA) is 115 Å². The SMILES string of the molecule is CCCCCCCCCCCCCCCCCC[N+](CC(=O)[O-])(CC(=O)O)CC(=O)O. The van der Waals surface area contributed by atoms with Crippen LogP contribution in [0.25, 0.3) is 0 Å². The highest BCUT2D eigenvalue weighted by molar-refractivity contribution is 5.72. The zero-order valence-corrected chi connectivity index (χ0v) is 19.6. The van der Waals surface area contributed by atoms with Crippen molar-refractivity contribution in [1.29, 1.82) is 0 Å². The second kappa shape index (κ2) is 19.1. The maximum Gasteiger partial charge on any atom is 0.359 e. The Bertz CT molecular complexity index is 454. The number of aliphatic carboxylic acids is 3. The summed E-state index contributed by atoms with van der Waals surface area (Å²) < 4.78 is -0.494. The van der Waals surface area contributed by atoms with Gasteiger partial charge in [-0.3, -0.25) is 0 Å². The molecule has 2 N–H and O–H groups in total. The summed E-state index contributed by atoms with van der Waals surface area (Å²) in [5.41, 5.74) is 0. The number of carboxylic acid groups (broad SMARTS) is 3. The van der Waals surface area contributed by atoms with E-state index in [1.807, 2.05) is 0 Å². The van der Waals surface area contributed by atoms with Crippen molar-refractivity contribution >= 4 is 17.9 Å². The molecule has 0 saturated carbocycles. The van der Waals surface area contributed by atoms with Gasteiger partial charge in [-0.15, -0.1) is 0 Å². The predicted octanol–water partition coefficient (Wildman–Crippen LogP) is 3.98. The Morgan fingerprint density at radius 2 is 0.903 bits per heavy atom. The highest BCUT2D eigenvalue weighted by Crippen LogP contribution is 2.15. The number of carboxylic acids is 3. The molecule has 0 heterocycles. The van der Waals surface area contributed by atoms with Crippen molar-refractivity contribution < 1.29 is 34.2 Å². The summed E-state index contributed by atoms with van der Waals surface area (Å²) in [5.74, 6) is -3.81. The summed E-state index contributed by atoms with van der Waals surface area (Å²) in [4.78, 5) is 33.3. The number of nitrogens with zero attached hydrogens (tertiary/aromatic N) is 1. The van der Waals surface area contributed by atoms with Crippen molar-refractivity contribution in [3.05, 3.63) is 0 Å². The molecule has 0 aromatic carbocycles. The third kappa shape index (κ3) is 18.8. The van der Waals surface area contributed by atoms with Gasteiger partial charge in [-0.05, 0) is 12.8 Å². The molecule has 0 rings (SSSR count). The van der Waals surface area contributed by atoms with Crippen LogP contribution in [0.3, 0.4) is 0 Å². The molecule has 0 aliphatic carbocycles. The Labute approximate surface area is 188 Å². The number of quaternary nitrogens is 1. The largest absolute Gasteiger partial charge is 0.544 e. The normalized spacial score (nSPS) is 11.5. The summed E-state index contributed by atoms with van der Waals surface area (Å²) in [6.45, 7) is 0.857. The lowest BCUT2D eigenvalue weighted by atomic mass is 10.0. The van der Waals surface area contributed by atoms with Gasteiger partial charge in [0.05, 0.1) is 12.5 Å². The lowest BCUT2D eigenvalue weighted by Gasteiger charge is -2.36. The van der Waals surface area contributed by atoms with E-state index in [-0.39, 0.29) is 6.54 Å². The van der Waals surface area contributed by atoms with Crippen LogP contribution in [-0.4, -0.2) is 58.8 Å². The lowest BCUT2D eigenvalue weighted by Crippen LogP contribution is -2.59.